The van der Waals surface area contributed by atoms with Crippen molar-refractivity contribution in [1.29, 1.82) is 0 Å². The molecular formula is C62H51NO. The SMILES string of the molecule is CC1(C)c2ccccc2Oc2c(-c3ccccc3CN(c3ccccc3)c3cccc(Cc4ccccc4CC4(Cc5ccccc5)c5ccccc5-c5ccccc54)c3)cccc21. The van der Waals surface area contributed by atoms with E-state index in [0.717, 1.165) is 47.7 Å². The molecule has 0 bridgehead atoms. The Bertz CT molecular complexity index is 3080. The number of nitrogens with zero attached hydrogens (tertiary/aromatic N) is 1. The fraction of sp³-hybridized carbons (Fsp3) is 0.129. The minimum atomic E-state index is -0.202. The number of rotatable bonds is 11. The van der Waals surface area contributed by atoms with Crippen LogP contribution in [0.4, 0.5) is 11.4 Å². The van der Waals surface area contributed by atoms with Crippen molar-refractivity contribution in [3.63, 3.8) is 0 Å². The summed E-state index contributed by atoms with van der Waals surface area (Å²) >= 11 is 0. The smallest absolute Gasteiger partial charge is 0.139 e. The van der Waals surface area contributed by atoms with Crippen LogP contribution in [0.15, 0.2) is 224 Å². The third-order valence-electron chi connectivity index (χ3n) is 13.9. The van der Waals surface area contributed by atoms with Gasteiger partial charge in [0.25, 0.3) is 0 Å². The zero-order valence-electron chi connectivity index (χ0n) is 36.5. The second kappa shape index (κ2) is 16.4. The maximum Gasteiger partial charge on any atom is 0.139 e. The lowest BCUT2D eigenvalue weighted by molar-refractivity contribution is 0.419. The van der Waals surface area contributed by atoms with E-state index in [2.05, 4.69) is 243 Å². The number of fused-ring (bicyclic) bond motifs is 5. The van der Waals surface area contributed by atoms with E-state index in [9.17, 15) is 0 Å². The third kappa shape index (κ3) is 7.00. The monoisotopic (exact) mass is 825 g/mol. The van der Waals surface area contributed by atoms with Crippen molar-refractivity contribution in [2.24, 2.45) is 0 Å². The van der Waals surface area contributed by atoms with Gasteiger partial charge in [-0.1, -0.05) is 208 Å². The lowest BCUT2D eigenvalue weighted by Gasteiger charge is -2.35. The molecule has 0 radical (unpaired) electrons. The van der Waals surface area contributed by atoms with Gasteiger partial charge >= 0.3 is 0 Å². The Kier molecular flexibility index (Phi) is 10.1. The predicted octanol–water partition coefficient (Wildman–Crippen LogP) is 15.5. The molecule has 64 heavy (non-hydrogen) atoms. The van der Waals surface area contributed by atoms with Gasteiger partial charge in [0.2, 0.25) is 0 Å². The Morgan fingerprint density at radius 3 is 1.64 bits per heavy atom. The molecule has 2 nitrogen and oxygen atoms in total. The maximum atomic E-state index is 6.81. The molecule has 0 atom stereocenters. The highest BCUT2D eigenvalue weighted by Gasteiger charge is 2.43. The molecule has 1 aliphatic heterocycles. The van der Waals surface area contributed by atoms with E-state index in [1.165, 1.54) is 66.8 Å². The first-order valence-electron chi connectivity index (χ1n) is 22.7. The van der Waals surface area contributed by atoms with Crippen LogP contribution in [0, 0.1) is 0 Å². The second-order valence-electron chi connectivity index (χ2n) is 18.1. The average Bonchev–Trinajstić information content (AvgIpc) is 3.60. The van der Waals surface area contributed by atoms with Crippen LogP contribution in [-0.4, -0.2) is 0 Å². The number of anilines is 2. The average molecular weight is 826 g/mol. The molecule has 0 spiro atoms. The predicted molar refractivity (Wildman–Crippen MR) is 265 cm³/mol. The van der Waals surface area contributed by atoms with Gasteiger partial charge in [-0.3, -0.25) is 0 Å². The molecule has 9 aromatic rings. The fourth-order valence-electron chi connectivity index (χ4n) is 10.8. The van der Waals surface area contributed by atoms with Crippen molar-refractivity contribution in [2.75, 3.05) is 4.90 Å². The van der Waals surface area contributed by atoms with E-state index in [-0.39, 0.29) is 10.8 Å². The van der Waals surface area contributed by atoms with Gasteiger partial charge in [-0.2, -0.15) is 0 Å². The topological polar surface area (TPSA) is 12.5 Å². The standard InChI is InChI=1S/C62H51NO/c1-61(2)57-36-17-18-38-59(57)64-60-54(33-20-37-58(60)61)51-30-12-11-26-48(51)43-63(49-27-7-4-8-28-49)50-29-19-23-45(40-50)39-46-24-9-10-25-47(46)42-62(41-44-21-5-3-6-22-44)55-34-15-13-31-52(55)53-32-14-16-35-56(53)62/h3-38,40H,39,41-43H2,1-2H3. The molecule has 1 heterocycles. The Morgan fingerprint density at radius 2 is 0.906 bits per heavy atom. The van der Waals surface area contributed by atoms with Crippen molar-refractivity contribution in [2.45, 2.75) is 50.5 Å². The summed E-state index contributed by atoms with van der Waals surface area (Å²) < 4.78 is 6.81. The van der Waals surface area contributed by atoms with Gasteiger partial charge in [-0.25, -0.2) is 0 Å². The number of benzene rings is 9. The number of hydrogen-bond acceptors (Lipinski definition) is 2. The maximum absolute atomic E-state index is 6.81. The van der Waals surface area contributed by atoms with Crippen LogP contribution in [0.3, 0.4) is 0 Å². The lowest BCUT2D eigenvalue weighted by atomic mass is 9.69. The quantitative estimate of drug-likeness (QED) is 0.129. The van der Waals surface area contributed by atoms with Gasteiger partial charge in [-0.05, 0) is 105 Å². The van der Waals surface area contributed by atoms with Gasteiger partial charge < -0.3 is 9.64 Å². The molecule has 11 rings (SSSR count). The molecular weight excluding hydrogens is 775 g/mol. The van der Waals surface area contributed by atoms with Crippen molar-refractivity contribution >= 4 is 11.4 Å². The Balaban J connectivity index is 0.951. The normalized spacial score (nSPS) is 13.8. The summed E-state index contributed by atoms with van der Waals surface area (Å²) in [4.78, 5) is 2.46. The van der Waals surface area contributed by atoms with E-state index in [1.54, 1.807) is 0 Å². The molecule has 2 heteroatoms. The van der Waals surface area contributed by atoms with Crippen molar-refractivity contribution in [1.82, 2.24) is 0 Å². The van der Waals surface area contributed by atoms with Gasteiger partial charge in [0.05, 0.1) is 0 Å². The number of hydrogen-bond donors (Lipinski definition) is 0. The van der Waals surface area contributed by atoms with Gasteiger partial charge in [0, 0.05) is 45.4 Å². The summed E-state index contributed by atoms with van der Waals surface area (Å²) in [5, 5.41) is 0. The Morgan fingerprint density at radius 1 is 0.391 bits per heavy atom. The second-order valence-corrected chi connectivity index (χ2v) is 18.1. The summed E-state index contributed by atoms with van der Waals surface area (Å²) in [6.45, 7) is 5.30. The zero-order valence-corrected chi connectivity index (χ0v) is 36.5. The summed E-state index contributed by atoms with van der Waals surface area (Å²) in [5.41, 5.74) is 18.8. The first-order chi connectivity index (χ1) is 31.5. The van der Waals surface area contributed by atoms with E-state index < -0.39 is 0 Å². The van der Waals surface area contributed by atoms with Crippen LogP contribution >= 0.6 is 0 Å². The first kappa shape index (κ1) is 39.4. The molecule has 0 amide bonds. The molecule has 1 aliphatic carbocycles. The summed E-state index contributed by atoms with van der Waals surface area (Å²) in [6, 6.07) is 82.4. The summed E-state index contributed by atoms with van der Waals surface area (Å²) in [7, 11) is 0. The summed E-state index contributed by atoms with van der Waals surface area (Å²) in [6.07, 6.45) is 2.68. The molecule has 0 saturated carbocycles. The number of para-hydroxylation sites is 3. The van der Waals surface area contributed by atoms with Gasteiger partial charge in [-0.15, -0.1) is 0 Å². The van der Waals surface area contributed by atoms with Gasteiger partial charge in [0.15, 0.2) is 0 Å². The molecule has 0 unspecified atom stereocenters. The largest absolute Gasteiger partial charge is 0.456 e. The highest BCUT2D eigenvalue weighted by Crippen LogP contribution is 2.53. The molecule has 2 aliphatic rings. The molecule has 0 saturated heterocycles. The Labute approximate surface area is 378 Å². The molecule has 0 aromatic heterocycles. The van der Waals surface area contributed by atoms with Crippen molar-refractivity contribution < 1.29 is 4.74 Å². The zero-order chi connectivity index (χ0) is 43.1. The van der Waals surface area contributed by atoms with E-state index in [0.29, 0.717) is 6.54 Å². The van der Waals surface area contributed by atoms with Crippen LogP contribution in [-0.2, 0) is 36.6 Å². The Hall–Kier alpha value is -7.42. The molecule has 310 valence electrons. The highest BCUT2D eigenvalue weighted by atomic mass is 16.5. The highest BCUT2D eigenvalue weighted by molar-refractivity contribution is 5.82. The van der Waals surface area contributed by atoms with Crippen LogP contribution in [0.25, 0.3) is 22.3 Å². The first-order valence-corrected chi connectivity index (χ1v) is 22.7. The van der Waals surface area contributed by atoms with E-state index >= 15 is 0 Å². The minimum absolute atomic E-state index is 0.196. The molecule has 0 N–H and O–H groups in total. The van der Waals surface area contributed by atoms with Crippen LogP contribution < -0.4 is 9.64 Å². The summed E-state index contributed by atoms with van der Waals surface area (Å²) in [5.74, 6) is 1.87. The van der Waals surface area contributed by atoms with E-state index in [4.69, 9.17) is 4.74 Å². The minimum Gasteiger partial charge on any atom is -0.456 e. The third-order valence-corrected chi connectivity index (χ3v) is 13.9. The van der Waals surface area contributed by atoms with E-state index in [1.807, 2.05) is 0 Å². The van der Waals surface area contributed by atoms with Crippen LogP contribution in [0.1, 0.15) is 63.9 Å². The molecule has 0 fully saturated rings. The van der Waals surface area contributed by atoms with Crippen molar-refractivity contribution in [3.8, 4) is 33.8 Å². The van der Waals surface area contributed by atoms with Crippen molar-refractivity contribution in [3.05, 3.63) is 275 Å². The molecule has 9 aromatic carbocycles. The fourth-order valence-corrected chi connectivity index (χ4v) is 10.8. The number of ether oxygens (including phenoxy) is 1. The van der Waals surface area contributed by atoms with Gasteiger partial charge in [0.1, 0.15) is 11.5 Å². The van der Waals surface area contributed by atoms with Crippen LogP contribution in [0.5, 0.6) is 11.5 Å². The lowest BCUT2D eigenvalue weighted by Crippen LogP contribution is -2.31. The van der Waals surface area contributed by atoms with Crippen LogP contribution in [0.2, 0.25) is 0 Å².